The van der Waals surface area contributed by atoms with E-state index in [0.29, 0.717) is 16.6 Å². The molecule has 1 amide bonds. The van der Waals surface area contributed by atoms with E-state index < -0.39 is 0 Å². The molecule has 4 rings (SSSR count). The Bertz CT molecular complexity index is 779. The first-order chi connectivity index (χ1) is 14.2. The summed E-state index contributed by atoms with van der Waals surface area (Å²) >= 11 is 6.00. The summed E-state index contributed by atoms with van der Waals surface area (Å²) in [6.45, 7) is 3.18. The lowest BCUT2D eigenvalue weighted by atomic mass is 9.76. The quantitative estimate of drug-likeness (QED) is 0.724. The highest BCUT2D eigenvalue weighted by Gasteiger charge is 2.29. The molecule has 0 radical (unpaired) electrons. The SMILES string of the molecule is O=C(NC1CCN(C[C@@H](c2ccccc2)C2CCCCC2)CC1)c1[nH]ncc1Cl. The van der Waals surface area contributed by atoms with Crippen LogP contribution in [0.1, 0.15) is 66.9 Å². The Morgan fingerprint density at radius 1 is 1.14 bits per heavy atom. The van der Waals surface area contributed by atoms with Gasteiger partial charge < -0.3 is 10.2 Å². The second-order valence-corrected chi connectivity index (χ2v) is 8.96. The van der Waals surface area contributed by atoms with E-state index in [4.69, 9.17) is 11.6 Å². The van der Waals surface area contributed by atoms with Gasteiger partial charge in [0.1, 0.15) is 5.69 Å². The van der Waals surface area contributed by atoms with Crippen LogP contribution < -0.4 is 5.32 Å². The van der Waals surface area contributed by atoms with Crippen molar-refractivity contribution in [3.63, 3.8) is 0 Å². The van der Waals surface area contributed by atoms with Crippen LogP contribution in [-0.2, 0) is 0 Å². The summed E-state index contributed by atoms with van der Waals surface area (Å²) in [5.41, 5.74) is 1.85. The molecule has 2 fully saturated rings. The van der Waals surface area contributed by atoms with Gasteiger partial charge in [0.2, 0.25) is 0 Å². The molecular formula is C23H31ClN4O. The van der Waals surface area contributed by atoms with E-state index in [1.165, 1.54) is 43.9 Å². The molecule has 0 spiro atoms. The van der Waals surface area contributed by atoms with Gasteiger partial charge >= 0.3 is 0 Å². The third kappa shape index (κ3) is 5.20. The molecule has 2 aliphatic rings. The number of halogens is 1. The molecule has 5 nitrogen and oxygen atoms in total. The summed E-state index contributed by atoms with van der Waals surface area (Å²) in [6.07, 6.45) is 10.3. The van der Waals surface area contributed by atoms with Crippen LogP contribution in [-0.4, -0.2) is 46.7 Å². The number of likely N-dealkylation sites (tertiary alicyclic amines) is 1. The number of nitrogens with zero attached hydrogens (tertiary/aromatic N) is 2. The zero-order chi connectivity index (χ0) is 20.1. The van der Waals surface area contributed by atoms with Gasteiger partial charge in [-0.1, -0.05) is 61.2 Å². The summed E-state index contributed by atoms with van der Waals surface area (Å²) in [6, 6.07) is 11.3. The van der Waals surface area contributed by atoms with Gasteiger partial charge in [-0.3, -0.25) is 9.89 Å². The second kappa shape index (κ2) is 9.77. The largest absolute Gasteiger partial charge is 0.348 e. The molecule has 1 atom stereocenters. The van der Waals surface area contributed by atoms with E-state index >= 15 is 0 Å². The Labute approximate surface area is 178 Å². The fourth-order valence-corrected chi connectivity index (χ4v) is 5.17. The smallest absolute Gasteiger partial charge is 0.271 e. The molecule has 0 bridgehead atoms. The van der Waals surface area contributed by atoms with E-state index in [0.717, 1.165) is 38.4 Å². The van der Waals surface area contributed by atoms with E-state index in [-0.39, 0.29) is 11.9 Å². The van der Waals surface area contributed by atoms with E-state index in [2.05, 4.69) is 50.7 Å². The van der Waals surface area contributed by atoms with Crippen molar-refractivity contribution >= 4 is 17.5 Å². The fourth-order valence-electron chi connectivity index (χ4n) is 4.99. The molecular weight excluding hydrogens is 384 g/mol. The molecule has 1 aliphatic carbocycles. The van der Waals surface area contributed by atoms with Crippen LogP contribution in [0.4, 0.5) is 0 Å². The van der Waals surface area contributed by atoms with Crippen LogP contribution in [0.5, 0.6) is 0 Å². The standard InChI is InChI=1S/C23H31ClN4O/c24-21-15-25-27-22(21)23(29)26-19-11-13-28(14-12-19)16-20(17-7-3-1-4-8-17)18-9-5-2-6-10-18/h1,3-4,7-8,15,18-20H,2,5-6,9-14,16H2,(H,25,27)(H,26,29)/t20-/m0/s1. The predicted octanol–water partition coefficient (Wildman–Crippen LogP) is 4.62. The van der Waals surface area contributed by atoms with Gasteiger partial charge in [0.05, 0.1) is 11.2 Å². The maximum Gasteiger partial charge on any atom is 0.271 e. The van der Waals surface area contributed by atoms with Crippen molar-refractivity contribution in [2.45, 2.75) is 56.9 Å². The molecule has 1 aromatic carbocycles. The topological polar surface area (TPSA) is 61.0 Å². The second-order valence-electron chi connectivity index (χ2n) is 8.56. The zero-order valence-corrected chi connectivity index (χ0v) is 17.7. The number of nitrogens with one attached hydrogen (secondary N) is 2. The number of amides is 1. The summed E-state index contributed by atoms with van der Waals surface area (Å²) in [4.78, 5) is 15.0. The Morgan fingerprint density at radius 2 is 1.86 bits per heavy atom. The lowest BCUT2D eigenvalue weighted by molar-refractivity contribution is 0.0900. The van der Waals surface area contributed by atoms with E-state index in [1.54, 1.807) is 0 Å². The highest BCUT2D eigenvalue weighted by molar-refractivity contribution is 6.33. The Kier molecular flexibility index (Phi) is 6.88. The average molecular weight is 415 g/mol. The minimum absolute atomic E-state index is 0.157. The number of H-pyrrole nitrogens is 1. The van der Waals surface area contributed by atoms with Crippen molar-refractivity contribution in [3.05, 3.63) is 52.8 Å². The number of carbonyl (C=O) groups excluding carboxylic acids is 1. The third-order valence-corrected chi connectivity index (χ3v) is 6.93. The van der Waals surface area contributed by atoms with Crippen LogP contribution in [0.25, 0.3) is 0 Å². The normalized spacial score (nSPS) is 20.4. The predicted molar refractivity (Wildman–Crippen MR) is 116 cm³/mol. The van der Waals surface area contributed by atoms with Crippen molar-refractivity contribution < 1.29 is 4.79 Å². The summed E-state index contributed by atoms with van der Waals surface area (Å²) < 4.78 is 0. The maximum absolute atomic E-state index is 12.4. The average Bonchev–Trinajstić information content (AvgIpc) is 3.20. The molecule has 2 aromatic rings. The molecule has 0 unspecified atom stereocenters. The Morgan fingerprint density at radius 3 is 2.52 bits per heavy atom. The molecule has 6 heteroatoms. The van der Waals surface area contributed by atoms with Crippen molar-refractivity contribution in [3.8, 4) is 0 Å². The first-order valence-corrected chi connectivity index (χ1v) is 11.4. The van der Waals surface area contributed by atoms with Crippen LogP contribution in [0.2, 0.25) is 5.02 Å². The fraction of sp³-hybridized carbons (Fsp3) is 0.565. The van der Waals surface area contributed by atoms with Gasteiger partial charge in [0.15, 0.2) is 0 Å². The van der Waals surface area contributed by atoms with Gasteiger partial charge in [-0.15, -0.1) is 0 Å². The number of benzene rings is 1. The first-order valence-electron chi connectivity index (χ1n) is 11.0. The molecule has 1 saturated heterocycles. The van der Waals surface area contributed by atoms with Crippen LogP contribution in [0, 0.1) is 5.92 Å². The van der Waals surface area contributed by atoms with Crippen molar-refractivity contribution in [2.75, 3.05) is 19.6 Å². The van der Waals surface area contributed by atoms with Crippen LogP contribution >= 0.6 is 11.6 Å². The van der Waals surface area contributed by atoms with Crippen molar-refractivity contribution in [1.29, 1.82) is 0 Å². The third-order valence-electron chi connectivity index (χ3n) is 6.64. The first kappa shape index (κ1) is 20.4. The summed E-state index contributed by atoms with van der Waals surface area (Å²) in [5, 5.41) is 9.99. The highest BCUT2D eigenvalue weighted by Crippen LogP contribution is 2.37. The lowest BCUT2D eigenvalue weighted by Gasteiger charge is -2.38. The van der Waals surface area contributed by atoms with Gasteiger partial charge in [0, 0.05) is 25.7 Å². The minimum Gasteiger partial charge on any atom is -0.348 e. The minimum atomic E-state index is -0.157. The molecule has 2 heterocycles. The van der Waals surface area contributed by atoms with Gasteiger partial charge in [0.25, 0.3) is 5.91 Å². The number of carbonyl (C=O) groups is 1. The van der Waals surface area contributed by atoms with Crippen LogP contribution in [0.3, 0.4) is 0 Å². The number of hydrogen-bond acceptors (Lipinski definition) is 3. The zero-order valence-electron chi connectivity index (χ0n) is 16.9. The summed E-state index contributed by atoms with van der Waals surface area (Å²) in [5.74, 6) is 1.26. The molecule has 1 aliphatic heterocycles. The monoisotopic (exact) mass is 414 g/mol. The number of aromatic nitrogens is 2. The lowest BCUT2D eigenvalue weighted by Crippen LogP contribution is -2.46. The van der Waals surface area contributed by atoms with Gasteiger partial charge in [-0.25, -0.2) is 0 Å². The van der Waals surface area contributed by atoms with E-state index in [9.17, 15) is 4.79 Å². The number of piperidine rings is 1. The van der Waals surface area contributed by atoms with Crippen molar-refractivity contribution in [2.24, 2.45) is 5.92 Å². The Hall–Kier alpha value is -1.85. The number of hydrogen-bond donors (Lipinski definition) is 2. The molecule has 1 saturated carbocycles. The molecule has 156 valence electrons. The molecule has 2 N–H and O–H groups in total. The number of rotatable bonds is 6. The van der Waals surface area contributed by atoms with Crippen LogP contribution in [0.15, 0.2) is 36.5 Å². The highest BCUT2D eigenvalue weighted by atomic mass is 35.5. The van der Waals surface area contributed by atoms with Crippen molar-refractivity contribution in [1.82, 2.24) is 20.4 Å². The molecule has 29 heavy (non-hydrogen) atoms. The number of aromatic amines is 1. The van der Waals surface area contributed by atoms with Gasteiger partial charge in [-0.05, 0) is 43.1 Å². The van der Waals surface area contributed by atoms with Gasteiger partial charge in [-0.2, -0.15) is 5.10 Å². The summed E-state index contributed by atoms with van der Waals surface area (Å²) in [7, 11) is 0. The molecule has 1 aromatic heterocycles. The maximum atomic E-state index is 12.4. The van der Waals surface area contributed by atoms with E-state index in [1.807, 2.05) is 0 Å². The Balaban J connectivity index is 1.33.